The Hall–Kier alpha value is -1.42. The van der Waals surface area contributed by atoms with E-state index >= 15 is 0 Å². The van der Waals surface area contributed by atoms with Gasteiger partial charge in [0.1, 0.15) is 5.75 Å². The first-order chi connectivity index (χ1) is 7.74. The third-order valence-corrected chi connectivity index (χ3v) is 1.79. The predicted molar refractivity (Wildman–Crippen MR) is 72.9 cm³/mol. The highest BCUT2D eigenvalue weighted by molar-refractivity contribution is 5.35. The zero-order valence-electron chi connectivity index (χ0n) is 11.2. The van der Waals surface area contributed by atoms with E-state index in [9.17, 15) is 0 Å². The van der Waals surface area contributed by atoms with E-state index in [2.05, 4.69) is 45.8 Å². The molecule has 0 unspecified atom stereocenters. The molecule has 0 aromatic heterocycles. The van der Waals surface area contributed by atoms with Crippen LogP contribution in [0.1, 0.15) is 38.3 Å². The topological polar surface area (TPSA) is 9.23 Å². The second kappa shape index (κ2) is 11.7. The lowest BCUT2D eigenvalue weighted by atomic mass is 10.1. The Labute approximate surface area is 101 Å². The summed E-state index contributed by atoms with van der Waals surface area (Å²) in [6.45, 7) is 11.1. The largest absolute Gasteiger partial charge is 0.493 e. The van der Waals surface area contributed by atoms with Crippen molar-refractivity contribution < 1.29 is 4.74 Å². The van der Waals surface area contributed by atoms with Crippen LogP contribution >= 0.6 is 0 Å². The van der Waals surface area contributed by atoms with E-state index in [4.69, 9.17) is 4.74 Å². The van der Waals surface area contributed by atoms with Crippen molar-refractivity contribution in [2.24, 2.45) is 0 Å². The normalized spacial score (nSPS) is 7.94. The third-order valence-electron chi connectivity index (χ3n) is 1.79. The molecule has 1 rings (SSSR count). The summed E-state index contributed by atoms with van der Waals surface area (Å²) in [7, 11) is 0. The van der Waals surface area contributed by atoms with E-state index in [-0.39, 0.29) is 0 Å². The lowest BCUT2D eigenvalue weighted by Gasteiger charge is -2.07. The molecule has 1 aromatic rings. The number of terminal acetylenes is 1. The van der Waals surface area contributed by atoms with Crippen molar-refractivity contribution in [3.05, 3.63) is 29.3 Å². The number of hydrogen-bond acceptors (Lipinski definition) is 1. The molecule has 0 radical (unpaired) electrons. The van der Waals surface area contributed by atoms with E-state index in [0.717, 1.165) is 18.8 Å². The Kier molecular flexibility index (Phi) is 12.4. The SMILES string of the molecule is C#C.CC.CCCOc1ccc(C)cc1C. The summed E-state index contributed by atoms with van der Waals surface area (Å²) in [5.74, 6) is 1.02. The van der Waals surface area contributed by atoms with Crippen LogP contribution in [-0.2, 0) is 0 Å². The number of rotatable bonds is 3. The Morgan fingerprint density at radius 1 is 1.12 bits per heavy atom. The molecule has 1 nitrogen and oxygen atoms in total. The highest BCUT2D eigenvalue weighted by Crippen LogP contribution is 2.18. The molecule has 1 heteroatoms. The summed E-state index contributed by atoms with van der Waals surface area (Å²) in [5.41, 5.74) is 2.51. The first-order valence-electron chi connectivity index (χ1n) is 5.77. The van der Waals surface area contributed by atoms with Gasteiger partial charge in [0.2, 0.25) is 0 Å². The maximum atomic E-state index is 5.54. The second-order valence-corrected chi connectivity index (χ2v) is 3.12. The van der Waals surface area contributed by atoms with Crippen LogP contribution in [0.4, 0.5) is 0 Å². The zero-order valence-corrected chi connectivity index (χ0v) is 11.2. The summed E-state index contributed by atoms with van der Waals surface area (Å²) < 4.78 is 5.54. The fraction of sp³-hybridized carbons (Fsp3) is 0.467. The van der Waals surface area contributed by atoms with Crippen LogP contribution in [0.25, 0.3) is 0 Å². The van der Waals surface area contributed by atoms with E-state index < -0.39 is 0 Å². The standard InChI is InChI=1S/C11H16O.C2H6.C2H2/c1-4-7-12-11-6-5-9(2)8-10(11)3;2*1-2/h5-6,8H,4,7H2,1-3H3;1-2H3;1-2H. The van der Waals surface area contributed by atoms with Gasteiger partial charge in [-0.3, -0.25) is 0 Å². The smallest absolute Gasteiger partial charge is 0.122 e. The van der Waals surface area contributed by atoms with E-state index in [1.54, 1.807) is 0 Å². The van der Waals surface area contributed by atoms with Gasteiger partial charge in [-0.05, 0) is 31.9 Å². The van der Waals surface area contributed by atoms with Gasteiger partial charge in [0, 0.05) is 0 Å². The molecule has 0 saturated heterocycles. The summed E-state index contributed by atoms with van der Waals surface area (Å²) in [6.07, 6.45) is 9.06. The number of benzene rings is 1. The second-order valence-electron chi connectivity index (χ2n) is 3.12. The Morgan fingerprint density at radius 2 is 1.69 bits per heavy atom. The lowest BCUT2D eigenvalue weighted by molar-refractivity contribution is 0.315. The zero-order chi connectivity index (χ0) is 13.0. The minimum atomic E-state index is 0.809. The van der Waals surface area contributed by atoms with Crippen molar-refractivity contribution in [3.8, 4) is 18.6 Å². The molecule has 0 bridgehead atoms. The molecule has 0 aliphatic rings. The van der Waals surface area contributed by atoms with Crippen LogP contribution in [0.15, 0.2) is 18.2 Å². The van der Waals surface area contributed by atoms with E-state index in [1.807, 2.05) is 19.9 Å². The van der Waals surface area contributed by atoms with Crippen molar-refractivity contribution in [1.29, 1.82) is 0 Å². The molecule has 0 atom stereocenters. The highest BCUT2D eigenvalue weighted by atomic mass is 16.5. The first-order valence-corrected chi connectivity index (χ1v) is 5.77. The van der Waals surface area contributed by atoms with Crippen LogP contribution in [0.2, 0.25) is 0 Å². The van der Waals surface area contributed by atoms with Crippen LogP contribution in [0.3, 0.4) is 0 Å². The molecular formula is C15H24O. The molecule has 1 aromatic carbocycles. The van der Waals surface area contributed by atoms with Gasteiger partial charge in [0.25, 0.3) is 0 Å². The molecule has 16 heavy (non-hydrogen) atoms. The molecule has 0 aliphatic carbocycles. The molecule has 0 spiro atoms. The minimum Gasteiger partial charge on any atom is -0.493 e. The molecular weight excluding hydrogens is 196 g/mol. The summed E-state index contributed by atoms with van der Waals surface area (Å²) in [4.78, 5) is 0. The van der Waals surface area contributed by atoms with Gasteiger partial charge in [-0.1, -0.05) is 38.5 Å². The van der Waals surface area contributed by atoms with Gasteiger partial charge in [0.05, 0.1) is 6.61 Å². The van der Waals surface area contributed by atoms with Gasteiger partial charge in [-0.15, -0.1) is 12.8 Å². The number of hydrogen-bond donors (Lipinski definition) is 0. The van der Waals surface area contributed by atoms with Crippen molar-refractivity contribution in [2.75, 3.05) is 6.61 Å². The minimum absolute atomic E-state index is 0.809. The summed E-state index contributed by atoms with van der Waals surface area (Å²) in [5, 5.41) is 0. The molecule has 0 aliphatic heterocycles. The van der Waals surface area contributed by atoms with Gasteiger partial charge in [-0.25, -0.2) is 0 Å². The monoisotopic (exact) mass is 220 g/mol. The van der Waals surface area contributed by atoms with Crippen LogP contribution in [0, 0.1) is 26.7 Å². The van der Waals surface area contributed by atoms with Crippen LogP contribution in [0.5, 0.6) is 5.75 Å². The molecule has 90 valence electrons. The van der Waals surface area contributed by atoms with Gasteiger partial charge >= 0.3 is 0 Å². The Morgan fingerprint density at radius 3 is 2.12 bits per heavy atom. The van der Waals surface area contributed by atoms with E-state index in [1.165, 1.54) is 11.1 Å². The van der Waals surface area contributed by atoms with Gasteiger partial charge in [0.15, 0.2) is 0 Å². The van der Waals surface area contributed by atoms with Crippen molar-refractivity contribution in [3.63, 3.8) is 0 Å². The summed E-state index contributed by atoms with van der Waals surface area (Å²) >= 11 is 0. The van der Waals surface area contributed by atoms with Crippen LogP contribution in [-0.4, -0.2) is 6.61 Å². The quantitative estimate of drug-likeness (QED) is 0.687. The fourth-order valence-electron chi connectivity index (χ4n) is 1.17. The number of ether oxygens (including phenoxy) is 1. The van der Waals surface area contributed by atoms with Gasteiger partial charge < -0.3 is 4.74 Å². The number of aryl methyl sites for hydroxylation is 2. The fourth-order valence-corrected chi connectivity index (χ4v) is 1.17. The third kappa shape index (κ3) is 6.95. The maximum Gasteiger partial charge on any atom is 0.122 e. The van der Waals surface area contributed by atoms with E-state index in [0.29, 0.717) is 0 Å². The summed E-state index contributed by atoms with van der Waals surface area (Å²) in [6, 6.07) is 6.27. The lowest BCUT2D eigenvalue weighted by Crippen LogP contribution is -1.96. The average molecular weight is 220 g/mol. The molecule has 0 saturated carbocycles. The first kappa shape index (κ1) is 17.0. The highest BCUT2D eigenvalue weighted by Gasteiger charge is 1.97. The maximum absolute atomic E-state index is 5.54. The molecule has 0 heterocycles. The Bertz CT molecular complexity index is 287. The molecule has 0 N–H and O–H groups in total. The van der Waals surface area contributed by atoms with Gasteiger partial charge in [-0.2, -0.15) is 0 Å². The Balaban J connectivity index is 0. The van der Waals surface area contributed by atoms with Crippen molar-refractivity contribution >= 4 is 0 Å². The molecule has 0 amide bonds. The van der Waals surface area contributed by atoms with Crippen molar-refractivity contribution in [1.82, 2.24) is 0 Å². The van der Waals surface area contributed by atoms with Crippen molar-refractivity contribution in [2.45, 2.75) is 41.0 Å². The molecule has 0 fully saturated rings. The van der Waals surface area contributed by atoms with Crippen LogP contribution < -0.4 is 4.74 Å². The predicted octanol–water partition coefficient (Wildman–Crippen LogP) is 4.37. The average Bonchev–Trinajstić information content (AvgIpc) is 2.33.